The van der Waals surface area contributed by atoms with Crippen molar-refractivity contribution in [3.8, 4) is 40.2 Å². The topological polar surface area (TPSA) is 79.2 Å². The van der Waals surface area contributed by atoms with Gasteiger partial charge >= 0.3 is 114 Å². The van der Waals surface area contributed by atoms with Crippen LogP contribution in [0.4, 0.5) is 0 Å². The Labute approximate surface area is 761 Å². The molecule has 13 aromatic rings. The molecule has 0 bridgehead atoms. The molecule has 0 saturated carbocycles. The molecule has 5 nitrogen and oxygen atoms in total. The zero-order valence-corrected chi connectivity index (χ0v) is 87.6. The second-order valence-corrected chi connectivity index (χ2v) is 68.9. The van der Waals surface area contributed by atoms with Gasteiger partial charge in [0.1, 0.15) is 40.2 Å². The molecule has 0 aliphatic carbocycles. The predicted octanol–water partition coefficient (Wildman–Crippen LogP) is 37.6. The van der Waals surface area contributed by atoms with Crippen LogP contribution in [-0.2, 0) is 45.8 Å². The molecule has 0 aromatic heterocycles. The maximum atomic E-state index is 9.37. The maximum absolute atomic E-state index is 9.37. The number of para-hydroxylation sites is 1. The number of halogens is 5. The summed E-state index contributed by atoms with van der Waals surface area (Å²) in [4.78, 5) is -0.278. The minimum atomic E-state index is -0.278. The number of phenols is 3. The molecular formula is C99H138I5O5V3. The number of ether oxygens (including phenoxy) is 2. The van der Waals surface area contributed by atoms with E-state index in [0.717, 1.165) is 57.4 Å². The number of hydrogen-bond donors (Lipinski definition) is 3. The summed E-state index contributed by atoms with van der Waals surface area (Å²) in [6.07, 6.45) is 8.10. The second kappa shape index (κ2) is 81.9. The zero-order chi connectivity index (χ0) is 85.3. The van der Waals surface area contributed by atoms with Crippen molar-refractivity contribution < 1.29 is 57.7 Å². The molecule has 1 radical (unpaired) electrons. The van der Waals surface area contributed by atoms with Crippen LogP contribution in [0.3, 0.4) is 0 Å². The number of phenolic OH excluding ortho intramolecular Hbond substituents is 3. The van der Waals surface area contributed by atoms with Crippen molar-refractivity contribution >= 4 is 165 Å². The molecular weight excluding hydrogens is 2060 g/mol. The van der Waals surface area contributed by atoms with Gasteiger partial charge in [-0.2, -0.15) is 0 Å². The van der Waals surface area contributed by atoms with E-state index in [1.54, 1.807) is 42.5 Å². The standard InChI is InChI=1S/2C21H14O.2C10H8O.C6H6O.5C3H8.8C2H6.5HI.3V/c1-3-7-18-14(5-1)9-11-16-13-17-12-10-15-6-2-4-8-19(15)21(17)22-20(16)18;1-3-7-16-14(5-1)9-11-20-18(16)13-19-17-8-4-2-6-15(17)10-12-21(19)22-20;11-10-7-3-5-8-4-1-2-6-9(8)10;11-10-6-5-8-3-1-2-4-9(8)7-10;7-6-4-2-1-3-5-6;5*1-3-2;8*1-2;;;;;;;;/h2*1-12H,13H2;2*1-7,11H;1-5,7H;5*3H2,1-2H3;8*1-2H3;5*1H;;;/q;;;;;;;;;;;;;;;;;;;;;;;;+2;+3/p-5. The van der Waals surface area contributed by atoms with E-state index in [-0.39, 0.29) is 23.5 Å². The molecule has 15 rings (SSSR count). The van der Waals surface area contributed by atoms with Gasteiger partial charge in [0.15, 0.2) is 0 Å². The van der Waals surface area contributed by atoms with Gasteiger partial charge in [-0.15, -0.1) is 0 Å². The molecule has 0 fully saturated rings. The van der Waals surface area contributed by atoms with E-state index >= 15 is 0 Å². The summed E-state index contributed by atoms with van der Waals surface area (Å²) < 4.78 is 12.6. The Kier molecular flexibility index (Phi) is 86.8. The smallest absolute Gasteiger partial charge is 0.138 e. The van der Waals surface area contributed by atoms with Gasteiger partial charge in [-0.25, -0.2) is 0 Å². The number of hydrogen-bond acceptors (Lipinski definition) is 5. The molecule has 13 aromatic carbocycles. The number of fused-ring (bicyclic) bond motifs is 14. The first kappa shape index (κ1) is 119. The van der Waals surface area contributed by atoms with Crippen LogP contribution in [0.25, 0.3) is 64.6 Å². The molecule has 0 atom stereocenters. The van der Waals surface area contributed by atoms with Crippen molar-refractivity contribution in [1.82, 2.24) is 0 Å². The maximum Gasteiger partial charge on any atom is 0.138 e. The van der Waals surface area contributed by atoms with Crippen molar-refractivity contribution in [2.75, 3.05) is 0 Å². The Hall–Kier alpha value is -4.18. The molecule has 2 aliphatic heterocycles. The molecule has 2 heterocycles. The van der Waals surface area contributed by atoms with E-state index in [9.17, 15) is 5.11 Å². The van der Waals surface area contributed by atoms with Crippen LogP contribution in [0, 0.1) is 0 Å². The van der Waals surface area contributed by atoms with Crippen LogP contribution in [0.2, 0.25) is 0 Å². The second-order valence-electron chi connectivity index (χ2n) is 21.8. The third-order valence-corrected chi connectivity index (χ3v) is 13.3. The Morgan fingerprint density at radius 1 is 0.286 bits per heavy atom. The summed E-state index contributed by atoms with van der Waals surface area (Å²) in [6.45, 7) is 53.2. The molecule has 112 heavy (non-hydrogen) atoms. The van der Waals surface area contributed by atoms with Gasteiger partial charge < -0.3 is 24.8 Å². The number of aromatic hydroxyl groups is 3. The summed E-state index contributed by atoms with van der Waals surface area (Å²) >= 11 is 12.1. The van der Waals surface area contributed by atoms with Crippen molar-refractivity contribution in [2.45, 2.75) is 225 Å². The van der Waals surface area contributed by atoms with Gasteiger partial charge in [0.2, 0.25) is 0 Å². The molecule has 0 amide bonds. The normalized spacial score (nSPS) is 9.21. The third-order valence-electron chi connectivity index (χ3n) is 13.3. The van der Waals surface area contributed by atoms with Crippen molar-refractivity contribution in [3.63, 3.8) is 0 Å². The first-order valence-electron chi connectivity index (χ1n) is 40.3. The summed E-state index contributed by atoms with van der Waals surface area (Å²) in [5, 5.41) is 41.3. The zero-order valence-electron chi connectivity index (χ0n) is 72.7. The SMILES string of the molecule is CC.CC.CC.CC.CC.CC.CC.CC.CCC.CCC.CCC.CCC.CCC.Oc1ccc2ccccc2c1.Oc1cccc2ccccc12.Oc1ccccc1.[I][V]([I])[I].[I][V][I].[V].c1ccc2c3c(ccc2c1)Cc1ccc2ccccc2c1O3.c1ccc2c3c(ccc2c1)Oc1ccc2ccccc2c1C3. The average Bonchev–Trinajstić information content (AvgIpc) is 0.762. The molecule has 0 unspecified atom stereocenters. The van der Waals surface area contributed by atoms with Crippen molar-refractivity contribution in [2.24, 2.45) is 0 Å². The summed E-state index contributed by atoms with van der Waals surface area (Å²) in [5.41, 5.74) is 5.12. The van der Waals surface area contributed by atoms with Crippen molar-refractivity contribution in [1.29, 1.82) is 0 Å². The van der Waals surface area contributed by atoms with E-state index in [0.29, 0.717) is 26.7 Å². The Morgan fingerprint density at radius 2 is 0.545 bits per heavy atom. The fourth-order valence-electron chi connectivity index (χ4n) is 9.70. The van der Waals surface area contributed by atoms with Gasteiger partial charge in [0.25, 0.3) is 0 Å². The molecule has 2 aliphatic rings. The van der Waals surface area contributed by atoms with Crippen LogP contribution >= 0.6 is 99.9 Å². The van der Waals surface area contributed by atoms with Crippen LogP contribution in [0.1, 0.15) is 234 Å². The first-order valence-corrected chi connectivity index (χ1v) is 62.8. The molecule has 3 N–H and O–H groups in total. The molecule has 0 spiro atoms. The molecule has 614 valence electrons. The average molecular weight is 2200 g/mol. The van der Waals surface area contributed by atoms with Gasteiger partial charge in [-0.3, -0.25) is 0 Å². The van der Waals surface area contributed by atoms with Crippen LogP contribution in [0.5, 0.6) is 40.2 Å². The fourth-order valence-corrected chi connectivity index (χ4v) is 9.70. The van der Waals surface area contributed by atoms with Gasteiger partial charge in [-0.05, 0) is 102 Å². The quantitative estimate of drug-likeness (QED) is 0.132. The monoisotopic (exact) mass is 2190 g/mol. The summed E-state index contributed by atoms with van der Waals surface area (Å²) in [7, 11) is 0.628. The summed E-state index contributed by atoms with van der Waals surface area (Å²) in [5.74, 6) is 5.00. The predicted molar refractivity (Wildman–Crippen MR) is 542 cm³/mol. The van der Waals surface area contributed by atoms with Crippen LogP contribution in [0.15, 0.2) is 261 Å². The first-order chi connectivity index (χ1) is 54.1. The molecule has 0 saturated heterocycles. The van der Waals surface area contributed by atoms with Crippen LogP contribution in [-0.4, -0.2) is 15.3 Å². The van der Waals surface area contributed by atoms with Crippen molar-refractivity contribution in [3.05, 3.63) is 283 Å². The summed E-state index contributed by atoms with van der Waals surface area (Å²) in [6, 6.07) is 86.4. The van der Waals surface area contributed by atoms with E-state index in [4.69, 9.17) is 19.7 Å². The van der Waals surface area contributed by atoms with Gasteiger partial charge in [-0.1, -0.05) is 431 Å². The van der Waals surface area contributed by atoms with E-state index in [2.05, 4.69) is 315 Å². The number of rotatable bonds is 0. The Balaban J connectivity index is -0.000000290. The number of benzene rings is 13. The van der Waals surface area contributed by atoms with Gasteiger partial charge in [0, 0.05) is 58.7 Å². The largest absolute Gasteiger partial charge is 0.457 e. The van der Waals surface area contributed by atoms with E-state index < -0.39 is 0 Å². The van der Waals surface area contributed by atoms with E-state index in [1.807, 2.05) is 184 Å². The Bertz CT molecular complexity index is 3940. The minimum Gasteiger partial charge on any atom is -0.457 e. The fraction of sp³-hybridized carbons (Fsp3) is 0.333. The molecule has 13 heteroatoms. The van der Waals surface area contributed by atoms with Gasteiger partial charge in [0.05, 0.1) is 0 Å². The van der Waals surface area contributed by atoms with E-state index in [1.165, 1.54) is 97.4 Å². The minimum absolute atomic E-state index is 0. The third kappa shape index (κ3) is 47.3. The Morgan fingerprint density at radius 3 is 0.875 bits per heavy atom. The van der Waals surface area contributed by atoms with Crippen LogP contribution < -0.4 is 9.47 Å².